The highest BCUT2D eigenvalue weighted by Gasteiger charge is 2.39. The first-order valence-corrected chi connectivity index (χ1v) is 11.0. The van der Waals surface area contributed by atoms with Gasteiger partial charge in [-0.15, -0.1) is 0 Å². The van der Waals surface area contributed by atoms with E-state index in [1.165, 1.54) is 44.2 Å². The molecule has 0 radical (unpaired) electrons. The van der Waals surface area contributed by atoms with Crippen LogP contribution < -0.4 is 0 Å². The number of hydrogen-bond donors (Lipinski definition) is 0. The largest absolute Gasteiger partial charge is 0.394 e. The Kier molecular flexibility index (Phi) is 8.10. The SMILES string of the molecule is COCC(Cc1ccc(/C(F)=C(/F)c2ccc(C3CCC(C)CC3)cc2)cc1)C(F)(F)F. The predicted octanol–water partition coefficient (Wildman–Crippen LogP) is 8.11. The Labute approximate surface area is 186 Å². The Balaban J connectivity index is 1.71. The van der Waals surface area contributed by atoms with Gasteiger partial charge in [0.2, 0.25) is 0 Å². The van der Waals surface area contributed by atoms with Gasteiger partial charge >= 0.3 is 6.18 Å². The first-order chi connectivity index (χ1) is 15.2. The molecule has 174 valence electrons. The van der Waals surface area contributed by atoms with Crippen molar-refractivity contribution in [3.8, 4) is 0 Å². The summed E-state index contributed by atoms with van der Waals surface area (Å²) in [5.41, 5.74) is 1.67. The monoisotopic (exact) mass is 452 g/mol. The highest BCUT2D eigenvalue weighted by atomic mass is 19.4. The summed E-state index contributed by atoms with van der Waals surface area (Å²) >= 11 is 0. The zero-order valence-corrected chi connectivity index (χ0v) is 18.4. The van der Waals surface area contributed by atoms with Gasteiger partial charge in [-0.1, -0.05) is 68.3 Å². The van der Waals surface area contributed by atoms with Crippen molar-refractivity contribution in [1.29, 1.82) is 0 Å². The van der Waals surface area contributed by atoms with Crippen molar-refractivity contribution in [3.05, 3.63) is 70.8 Å². The Morgan fingerprint density at radius 3 is 1.84 bits per heavy atom. The van der Waals surface area contributed by atoms with E-state index in [0.717, 1.165) is 24.3 Å². The highest BCUT2D eigenvalue weighted by molar-refractivity contribution is 5.83. The molecular formula is C26H29F5O. The van der Waals surface area contributed by atoms with E-state index in [9.17, 15) is 22.0 Å². The van der Waals surface area contributed by atoms with Gasteiger partial charge in [0.15, 0.2) is 11.7 Å². The molecule has 0 N–H and O–H groups in total. The number of rotatable bonds is 7. The molecule has 0 saturated heterocycles. The maximum Gasteiger partial charge on any atom is 0.394 e. The average Bonchev–Trinajstić information content (AvgIpc) is 2.78. The van der Waals surface area contributed by atoms with Crippen molar-refractivity contribution in [2.24, 2.45) is 11.8 Å². The molecule has 1 fully saturated rings. The summed E-state index contributed by atoms with van der Waals surface area (Å²) < 4.78 is 73.3. The molecule has 2 aromatic rings. The van der Waals surface area contributed by atoms with E-state index in [4.69, 9.17) is 0 Å². The predicted molar refractivity (Wildman–Crippen MR) is 117 cm³/mol. The number of hydrogen-bond acceptors (Lipinski definition) is 1. The quantitative estimate of drug-likeness (QED) is 0.304. The first kappa shape index (κ1) is 24.4. The minimum Gasteiger partial charge on any atom is -0.384 e. The van der Waals surface area contributed by atoms with Gasteiger partial charge in [0.25, 0.3) is 0 Å². The molecule has 1 nitrogen and oxygen atoms in total. The van der Waals surface area contributed by atoms with Gasteiger partial charge in [-0.05, 0) is 42.2 Å². The van der Waals surface area contributed by atoms with E-state index in [0.29, 0.717) is 11.5 Å². The molecule has 0 amide bonds. The fourth-order valence-corrected chi connectivity index (χ4v) is 4.29. The van der Waals surface area contributed by atoms with Gasteiger partial charge in [0.05, 0.1) is 12.5 Å². The highest BCUT2D eigenvalue weighted by Crippen LogP contribution is 2.37. The van der Waals surface area contributed by atoms with Crippen LogP contribution in [0.25, 0.3) is 11.7 Å². The van der Waals surface area contributed by atoms with Crippen LogP contribution in [0.4, 0.5) is 22.0 Å². The van der Waals surface area contributed by atoms with E-state index in [1.807, 2.05) is 12.1 Å². The summed E-state index contributed by atoms with van der Waals surface area (Å²) in [6.07, 6.45) is -0.0972. The van der Waals surface area contributed by atoms with Crippen molar-refractivity contribution in [2.45, 2.75) is 51.1 Å². The van der Waals surface area contributed by atoms with Crippen LogP contribution in [-0.2, 0) is 11.2 Å². The third-order valence-corrected chi connectivity index (χ3v) is 6.36. The Hall–Kier alpha value is -2.21. The van der Waals surface area contributed by atoms with Crippen LogP contribution in [0.1, 0.15) is 60.8 Å². The summed E-state index contributed by atoms with van der Waals surface area (Å²) in [5, 5.41) is 0. The second-order valence-electron chi connectivity index (χ2n) is 8.80. The summed E-state index contributed by atoms with van der Waals surface area (Å²) in [6.45, 7) is 1.80. The Bertz CT molecular complexity index is 891. The molecular weight excluding hydrogens is 423 g/mol. The molecule has 32 heavy (non-hydrogen) atoms. The van der Waals surface area contributed by atoms with Gasteiger partial charge in [-0.2, -0.15) is 13.2 Å². The standard InChI is InChI=1S/C26H29F5O/c1-17-3-7-19(8-4-17)20-11-13-22(14-12-20)25(28)24(27)21-9-5-18(6-10-21)15-23(16-32-2)26(29,30)31/h5-6,9-14,17,19,23H,3-4,7-8,15-16H2,1-2H3/b25-24-. The second kappa shape index (κ2) is 10.6. The molecule has 1 aliphatic rings. The van der Waals surface area contributed by atoms with Crippen LogP contribution in [-0.4, -0.2) is 19.9 Å². The molecule has 1 aliphatic carbocycles. The second-order valence-corrected chi connectivity index (χ2v) is 8.80. The van der Waals surface area contributed by atoms with Crippen LogP contribution in [0.5, 0.6) is 0 Å². The smallest absolute Gasteiger partial charge is 0.384 e. The topological polar surface area (TPSA) is 9.23 Å². The lowest BCUT2D eigenvalue weighted by Crippen LogP contribution is -2.29. The molecule has 0 bridgehead atoms. The van der Waals surface area contributed by atoms with Crippen molar-refractivity contribution in [2.75, 3.05) is 13.7 Å². The lowest BCUT2D eigenvalue weighted by atomic mass is 9.79. The van der Waals surface area contributed by atoms with Crippen LogP contribution >= 0.6 is 0 Å². The van der Waals surface area contributed by atoms with E-state index < -0.39 is 30.4 Å². The van der Waals surface area contributed by atoms with Crippen LogP contribution in [0.3, 0.4) is 0 Å². The molecule has 0 spiro atoms. The van der Waals surface area contributed by atoms with Crippen LogP contribution in [0, 0.1) is 11.8 Å². The Morgan fingerprint density at radius 2 is 1.38 bits per heavy atom. The summed E-state index contributed by atoms with van der Waals surface area (Å²) in [4.78, 5) is 0. The van der Waals surface area contributed by atoms with Crippen molar-refractivity contribution >= 4 is 11.7 Å². The molecule has 1 unspecified atom stereocenters. The molecule has 1 saturated carbocycles. The van der Waals surface area contributed by atoms with E-state index >= 15 is 0 Å². The summed E-state index contributed by atoms with van der Waals surface area (Å²) in [7, 11) is 1.22. The molecule has 0 aliphatic heterocycles. The number of ether oxygens (including phenoxy) is 1. The molecule has 3 rings (SSSR count). The molecule has 1 atom stereocenters. The molecule has 2 aromatic carbocycles. The Morgan fingerprint density at radius 1 is 0.875 bits per heavy atom. The third-order valence-electron chi connectivity index (χ3n) is 6.36. The van der Waals surface area contributed by atoms with Gasteiger partial charge in [-0.25, -0.2) is 8.78 Å². The lowest BCUT2D eigenvalue weighted by Gasteiger charge is -2.26. The van der Waals surface area contributed by atoms with Gasteiger partial charge in [-0.3, -0.25) is 0 Å². The van der Waals surface area contributed by atoms with E-state index in [1.54, 1.807) is 12.1 Å². The van der Waals surface area contributed by atoms with Gasteiger partial charge in [0.1, 0.15) is 0 Å². The minimum atomic E-state index is -4.39. The van der Waals surface area contributed by atoms with Gasteiger partial charge in [0, 0.05) is 18.2 Å². The number of methoxy groups -OCH3 is 1. The fourth-order valence-electron chi connectivity index (χ4n) is 4.29. The van der Waals surface area contributed by atoms with Gasteiger partial charge < -0.3 is 4.74 Å². The number of halogens is 5. The van der Waals surface area contributed by atoms with E-state index in [2.05, 4.69) is 11.7 Å². The lowest BCUT2D eigenvalue weighted by molar-refractivity contribution is -0.185. The number of benzene rings is 2. The summed E-state index contributed by atoms with van der Waals surface area (Å²) in [5.74, 6) is -2.45. The fraction of sp³-hybridized carbons (Fsp3) is 0.462. The van der Waals surface area contributed by atoms with E-state index in [-0.39, 0.29) is 17.5 Å². The van der Waals surface area contributed by atoms with Crippen molar-refractivity contribution in [1.82, 2.24) is 0 Å². The van der Waals surface area contributed by atoms with Crippen LogP contribution in [0.15, 0.2) is 48.5 Å². The summed E-state index contributed by atoms with van der Waals surface area (Å²) in [6, 6.07) is 12.3. The number of alkyl halides is 3. The van der Waals surface area contributed by atoms with Crippen molar-refractivity contribution < 1.29 is 26.7 Å². The minimum absolute atomic E-state index is 0.00750. The maximum absolute atomic E-state index is 14.7. The molecule has 0 heterocycles. The molecule has 6 heteroatoms. The molecule has 0 aromatic heterocycles. The van der Waals surface area contributed by atoms with Crippen LogP contribution in [0.2, 0.25) is 0 Å². The first-order valence-electron chi connectivity index (χ1n) is 11.0. The average molecular weight is 453 g/mol. The zero-order chi connectivity index (χ0) is 23.3. The third kappa shape index (κ3) is 6.18. The maximum atomic E-state index is 14.7. The normalized spacial score (nSPS) is 21.2. The van der Waals surface area contributed by atoms with Crippen molar-refractivity contribution in [3.63, 3.8) is 0 Å². The zero-order valence-electron chi connectivity index (χ0n) is 18.4.